The number of nitrogens with two attached hydrogens (primary N) is 1. The van der Waals surface area contributed by atoms with Crippen LogP contribution in [-0.4, -0.2) is 32.2 Å². The van der Waals surface area contributed by atoms with E-state index in [2.05, 4.69) is 29.1 Å². The number of anilines is 2. The lowest BCUT2D eigenvalue weighted by molar-refractivity contribution is 0.678. The summed E-state index contributed by atoms with van der Waals surface area (Å²) < 4.78 is 11.1. The van der Waals surface area contributed by atoms with Crippen LogP contribution in [0.2, 0.25) is 0 Å². The Morgan fingerprint density at radius 1 is 1.50 bits per heavy atom. The summed E-state index contributed by atoms with van der Waals surface area (Å²) in [6.45, 7) is 4.15. The zero-order chi connectivity index (χ0) is 13.5. The van der Waals surface area contributed by atoms with E-state index in [1.807, 2.05) is 0 Å². The van der Waals surface area contributed by atoms with Crippen molar-refractivity contribution < 1.29 is 4.21 Å². The number of rotatable bonds is 7. The molecule has 3 N–H and O–H groups in total. The number of hydrogen-bond donors (Lipinski definition) is 2. The van der Waals surface area contributed by atoms with Crippen LogP contribution in [0.3, 0.4) is 0 Å². The molecule has 0 aromatic carbocycles. The Hall–Kier alpha value is -1.17. The second-order valence-electron chi connectivity index (χ2n) is 4.45. The SMILES string of the molecule is CCCc1c(N)ncnc1NC(C)CCS(C)=O. The molecule has 0 saturated heterocycles. The molecule has 0 aliphatic rings. The van der Waals surface area contributed by atoms with E-state index in [0.717, 1.165) is 30.6 Å². The third kappa shape index (κ3) is 4.60. The van der Waals surface area contributed by atoms with Crippen LogP contribution in [0, 0.1) is 0 Å². The van der Waals surface area contributed by atoms with E-state index in [1.165, 1.54) is 6.33 Å². The normalized spacial score (nSPS) is 14.2. The van der Waals surface area contributed by atoms with Gasteiger partial charge in [-0.3, -0.25) is 4.21 Å². The summed E-state index contributed by atoms with van der Waals surface area (Å²) in [7, 11) is -0.755. The van der Waals surface area contributed by atoms with Crippen molar-refractivity contribution in [2.45, 2.75) is 39.2 Å². The van der Waals surface area contributed by atoms with Crippen molar-refractivity contribution in [1.29, 1.82) is 0 Å². The molecule has 2 unspecified atom stereocenters. The fraction of sp³-hybridized carbons (Fsp3) is 0.667. The van der Waals surface area contributed by atoms with Crippen LogP contribution < -0.4 is 11.1 Å². The van der Waals surface area contributed by atoms with Crippen molar-refractivity contribution in [2.24, 2.45) is 0 Å². The largest absolute Gasteiger partial charge is 0.383 e. The monoisotopic (exact) mass is 270 g/mol. The highest BCUT2D eigenvalue weighted by molar-refractivity contribution is 7.84. The van der Waals surface area contributed by atoms with Crippen LogP contribution in [0.5, 0.6) is 0 Å². The molecule has 1 rings (SSSR count). The average molecular weight is 270 g/mol. The first-order chi connectivity index (χ1) is 8.54. The fourth-order valence-electron chi connectivity index (χ4n) is 1.70. The standard InChI is InChI=1S/C12H22N4OS/c1-4-5-10-11(13)14-8-15-12(10)16-9(2)6-7-18(3)17/h8-9H,4-7H2,1-3H3,(H3,13,14,15,16). The maximum Gasteiger partial charge on any atom is 0.134 e. The van der Waals surface area contributed by atoms with Gasteiger partial charge in [0.25, 0.3) is 0 Å². The lowest BCUT2D eigenvalue weighted by atomic mass is 10.1. The van der Waals surface area contributed by atoms with Crippen LogP contribution >= 0.6 is 0 Å². The van der Waals surface area contributed by atoms with Gasteiger partial charge in [0.15, 0.2) is 0 Å². The van der Waals surface area contributed by atoms with Gasteiger partial charge in [0.1, 0.15) is 18.0 Å². The summed E-state index contributed by atoms with van der Waals surface area (Å²) in [5.74, 6) is 2.04. The van der Waals surface area contributed by atoms with Gasteiger partial charge in [-0.1, -0.05) is 13.3 Å². The molecule has 102 valence electrons. The molecule has 0 amide bonds. The lowest BCUT2D eigenvalue weighted by Gasteiger charge is -2.17. The minimum atomic E-state index is -0.755. The molecule has 0 spiro atoms. The molecular formula is C12H22N4OS. The van der Waals surface area contributed by atoms with Gasteiger partial charge in [0, 0.05) is 34.4 Å². The molecule has 1 aromatic heterocycles. The molecule has 0 aliphatic carbocycles. The Labute approximate surface area is 111 Å². The highest BCUT2D eigenvalue weighted by atomic mass is 32.2. The minimum absolute atomic E-state index is 0.221. The predicted molar refractivity (Wildman–Crippen MR) is 77.1 cm³/mol. The van der Waals surface area contributed by atoms with Crippen LogP contribution in [0.15, 0.2) is 6.33 Å². The first-order valence-electron chi connectivity index (χ1n) is 6.20. The summed E-state index contributed by atoms with van der Waals surface area (Å²) in [6.07, 6.45) is 5.90. The van der Waals surface area contributed by atoms with Crippen molar-refractivity contribution in [3.63, 3.8) is 0 Å². The van der Waals surface area contributed by atoms with Gasteiger partial charge >= 0.3 is 0 Å². The number of nitrogens with one attached hydrogen (secondary N) is 1. The summed E-state index contributed by atoms with van der Waals surface area (Å²) in [5, 5.41) is 3.33. The third-order valence-electron chi connectivity index (χ3n) is 2.70. The van der Waals surface area contributed by atoms with Gasteiger partial charge in [-0.2, -0.15) is 0 Å². The van der Waals surface area contributed by atoms with Crippen LogP contribution in [0.1, 0.15) is 32.3 Å². The maximum absolute atomic E-state index is 11.1. The second-order valence-corrected chi connectivity index (χ2v) is 6.00. The first-order valence-corrected chi connectivity index (χ1v) is 7.93. The molecule has 1 aromatic rings. The van der Waals surface area contributed by atoms with E-state index in [1.54, 1.807) is 6.26 Å². The van der Waals surface area contributed by atoms with E-state index in [-0.39, 0.29) is 6.04 Å². The molecule has 0 radical (unpaired) electrons. The van der Waals surface area contributed by atoms with Gasteiger partial charge in [0.05, 0.1) is 0 Å². The molecule has 1 heterocycles. The van der Waals surface area contributed by atoms with E-state index >= 15 is 0 Å². The Morgan fingerprint density at radius 3 is 2.83 bits per heavy atom. The van der Waals surface area contributed by atoms with Crippen molar-refractivity contribution in [1.82, 2.24) is 9.97 Å². The van der Waals surface area contributed by atoms with E-state index in [9.17, 15) is 4.21 Å². The fourth-order valence-corrected chi connectivity index (χ4v) is 2.38. The first kappa shape index (κ1) is 14.9. The topological polar surface area (TPSA) is 80.9 Å². The van der Waals surface area contributed by atoms with Crippen LogP contribution in [0.25, 0.3) is 0 Å². The number of nitrogen functional groups attached to an aromatic ring is 1. The Morgan fingerprint density at radius 2 is 2.22 bits per heavy atom. The maximum atomic E-state index is 11.1. The van der Waals surface area contributed by atoms with Gasteiger partial charge in [-0.15, -0.1) is 0 Å². The Kier molecular flexibility index (Phi) is 6.04. The van der Waals surface area contributed by atoms with Gasteiger partial charge in [-0.05, 0) is 19.8 Å². The van der Waals surface area contributed by atoms with Gasteiger partial charge in [-0.25, -0.2) is 9.97 Å². The molecule has 0 bridgehead atoms. The zero-order valence-corrected chi connectivity index (χ0v) is 12.1. The highest BCUT2D eigenvalue weighted by Gasteiger charge is 2.11. The van der Waals surface area contributed by atoms with Crippen molar-refractivity contribution >= 4 is 22.4 Å². The van der Waals surface area contributed by atoms with Gasteiger partial charge < -0.3 is 11.1 Å². The lowest BCUT2D eigenvalue weighted by Crippen LogP contribution is -2.20. The van der Waals surface area contributed by atoms with Crippen LogP contribution in [-0.2, 0) is 17.2 Å². The summed E-state index contributed by atoms with van der Waals surface area (Å²) >= 11 is 0. The number of aromatic nitrogens is 2. The minimum Gasteiger partial charge on any atom is -0.383 e. The number of nitrogens with zero attached hydrogens (tertiary/aromatic N) is 2. The summed E-state index contributed by atoms with van der Waals surface area (Å²) in [4.78, 5) is 8.27. The molecule has 18 heavy (non-hydrogen) atoms. The third-order valence-corrected chi connectivity index (χ3v) is 3.51. The molecule has 5 nitrogen and oxygen atoms in total. The highest BCUT2D eigenvalue weighted by Crippen LogP contribution is 2.20. The average Bonchev–Trinajstić information content (AvgIpc) is 2.31. The smallest absolute Gasteiger partial charge is 0.134 e. The Bertz CT molecular complexity index is 411. The zero-order valence-electron chi connectivity index (χ0n) is 11.3. The Balaban J connectivity index is 2.71. The molecule has 2 atom stereocenters. The second kappa shape index (κ2) is 7.31. The van der Waals surface area contributed by atoms with E-state index < -0.39 is 10.8 Å². The molecule has 0 saturated carbocycles. The number of hydrogen-bond acceptors (Lipinski definition) is 5. The summed E-state index contributed by atoms with van der Waals surface area (Å²) in [6, 6.07) is 0.221. The molecular weight excluding hydrogens is 248 g/mol. The quantitative estimate of drug-likeness (QED) is 0.786. The predicted octanol–water partition coefficient (Wildman–Crippen LogP) is 1.58. The van der Waals surface area contributed by atoms with Crippen molar-refractivity contribution in [2.75, 3.05) is 23.1 Å². The van der Waals surface area contributed by atoms with Gasteiger partial charge in [0.2, 0.25) is 0 Å². The summed E-state index contributed by atoms with van der Waals surface area (Å²) in [5.41, 5.74) is 6.84. The van der Waals surface area contributed by atoms with E-state index in [0.29, 0.717) is 11.6 Å². The van der Waals surface area contributed by atoms with Crippen molar-refractivity contribution in [3.8, 4) is 0 Å². The van der Waals surface area contributed by atoms with E-state index in [4.69, 9.17) is 5.73 Å². The van der Waals surface area contributed by atoms with Crippen LogP contribution in [0.4, 0.5) is 11.6 Å². The van der Waals surface area contributed by atoms with Crippen molar-refractivity contribution in [3.05, 3.63) is 11.9 Å². The molecule has 0 aliphatic heterocycles. The molecule has 6 heteroatoms. The molecule has 0 fully saturated rings.